The van der Waals surface area contributed by atoms with Crippen LogP contribution in [0.2, 0.25) is 0 Å². The van der Waals surface area contributed by atoms with E-state index in [1.54, 1.807) is 27.7 Å². The minimum atomic E-state index is -5.34. The largest absolute Gasteiger partial charge is 0.418 e. The monoisotopic (exact) mass is 354 g/mol. The van der Waals surface area contributed by atoms with Gasteiger partial charge in [-0.15, -0.1) is 0 Å². The Labute approximate surface area is 124 Å². The average Bonchev–Trinajstić information content (AvgIpc) is 2.08. The second-order valence-electron chi connectivity index (χ2n) is 5.18. The Morgan fingerprint density at radius 2 is 1.25 bits per heavy atom. The van der Waals surface area contributed by atoms with Crippen molar-refractivity contribution in [3.05, 3.63) is 0 Å². The number of halogens is 6. The third-order valence-electron chi connectivity index (χ3n) is 2.79. The topological polar surface area (TPSA) is 23.5 Å². The Kier molecular flexibility index (Phi) is 8.16. The molecule has 20 heavy (non-hydrogen) atoms. The van der Waals surface area contributed by atoms with E-state index in [4.69, 9.17) is 0 Å². The smallest absolute Gasteiger partial charge is 0.379 e. The van der Waals surface area contributed by atoms with Gasteiger partial charge in [0.25, 0.3) is 0 Å². The van der Waals surface area contributed by atoms with Crippen LogP contribution in [0.25, 0.3) is 0 Å². The van der Waals surface area contributed by atoms with Gasteiger partial charge in [0.05, 0.1) is 6.42 Å². The summed E-state index contributed by atoms with van der Waals surface area (Å²) in [7, 11) is 0. The van der Waals surface area contributed by atoms with Crippen molar-refractivity contribution in [1.82, 2.24) is 4.90 Å². The Hall–Kier alpha value is 0.00649. The van der Waals surface area contributed by atoms with E-state index in [0.717, 1.165) is 0 Å². The molecule has 0 aromatic heterocycles. The van der Waals surface area contributed by atoms with Gasteiger partial charge in [-0.3, -0.25) is 4.90 Å². The molecule has 0 aromatic carbocycles. The third kappa shape index (κ3) is 6.64. The fourth-order valence-electron chi connectivity index (χ4n) is 1.84. The zero-order valence-electron chi connectivity index (χ0n) is 11.6. The molecule has 0 bridgehead atoms. The average molecular weight is 354 g/mol. The quantitative estimate of drug-likeness (QED) is 0.766. The Balaban J connectivity index is 0. The summed E-state index contributed by atoms with van der Waals surface area (Å²) in [4.78, 5) is 1.18. The SMILES string of the molecule is CC(C)N(CC(O)(CC(F)(F)F)C(F)(F)F)C(C)C.[Co]. The van der Waals surface area contributed by atoms with Gasteiger partial charge in [0.1, 0.15) is 0 Å². The van der Waals surface area contributed by atoms with Crippen molar-refractivity contribution < 1.29 is 48.2 Å². The molecule has 9 heteroatoms. The molecule has 0 saturated heterocycles. The second-order valence-corrected chi connectivity index (χ2v) is 5.18. The van der Waals surface area contributed by atoms with Crippen LogP contribution >= 0.6 is 0 Å². The van der Waals surface area contributed by atoms with E-state index in [1.807, 2.05) is 0 Å². The first kappa shape index (κ1) is 22.3. The van der Waals surface area contributed by atoms with Gasteiger partial charge in [0.2, 0.25) is 0 Å². The molecule has 1 atom stereocenters. The molecular weight excluding hydrogens is 335 g/mol. The number of aliphatic hydroxyl groups is 1. The molecule has 0 spiro atoms. The van der Waals surface area contributed by atoms with Gasteiger partial charge in [-0.2, -0.15) is 26.3 Å². The third-order valence-corrected chi connectivity index (χ3v) is 2.79. The van der Waals surface area contributed by atoms with E-state index >= 15 is 0 Å². The summed E-state index contributed by atoms with van der Waals surface area (Å²) in [5.41, 5.74) is -3.79. The van der Waals surface area contributed by atoms with Crippen LogP contribution in [0.5, 0.6) is 0 Å². The molecule has 0 heterocycles. The summed E-state index contributed by atoms with van der Waals surface area (Å²) < 4.78 is 75.0. The first-order valence-electron chi connectivity index (χ1n) is 5.81. The van der Waals surface area contributed by atoms with E-state index in [9.17, 15) is 31.4 Å². The number of alkyl halides is 6. The number of rotatable bonds is 5. The van der Waals surface area contributed by atoms with Gasteiger partial charge in [0.15, 0.2) is 5.60 Å². The van der Waals surface area contributed by atoms with Crippen molar-refractivity contribution in [2.24, 2.45) is 0 Å². The normalized spacial score (nSPS) is 16.5. The summed E-state index contributed by atoms with van der Waals surface area (Å²) in [6, 6.07) is -0.829. The maximum Gasteiger partial charge on any atom is 0.418 e. The van der Waals surface area contributed by atoms with Crippen LogP contribution in [-0.2, 0) is 16.8 Å². The molecule has 0 aliphatic heterocycles. The molecule has 1 unspecified atom stereocenters. The van der Waals surface area contributed by atoms with Crippen LogP contribution in [0.15, 0.2) is 0 Å². The van der Waals surface area contributed by atoms with Gasteiger partial charge in [0, 0.05) is 35.4 Å². The summed E-state index contributed by atoms with van der Waals surface area (Å²) in [5.74, 6) is 0. The number of hydrogen-bond donors (Lipinski definition) is 1. The summed E-state index contributed by atoms with van der Waals surface area (Å²) >= 11 is 0. The van der Waals surface area contributed by atoms with E-state index in [2.05, 4.69) is 0 Å². The van der Waals surface area contributed by atoms with Gasteiger partial charge in [-0.1, -0.05) is 0 Å². The maximum absolute atomic E-state index is 12.7. The van der Waals surface area contributed by atoms with Crippen molar-refractivity contribution >= 4 is 0 Å². The van der Waals surface area contributed by atoms with E-state index in [1.165, 1.54) is 4.90 Å². The predicted octanol–water partition coefficient (Wildman–Crippen LogP) is 3.35. The molecule has 1 N–H and O–H groups in total. The minimum Gasteiger partial charge on any atom is -0.379 e. The molecule has 0 rings (SSSR count). The molecule has 0 aliphatic carbocycles. The van der Waals surface area contributed by atoms with Gasteiger partial charge in [-0.25, -0.2) is 0 Å². The van der Waals surface area contributed by atoms with E-state index in [0.29, 0.717) is 0 Å². The van der Waals surface area contributed by atoms with Crippen LogP contribution in [0, 0.1) is 0 Å². The standard InChI is InChI=1S/C11H19F6NO.Co/c1-7(2)18(8(3)4)6-9(19,11(15,16)17)5-10(12,13)14;/h7-8,19H,5-6H2,1-4H3;. The van der Waals surface area contributed by atoms with Crippen LogP contribution < -0.4 is 0 Å². The van der Waals surface area contributed by atoms with Gasteiger partial charge < -0.3 is 5.11 Å². The van der Waals surface area contributed by atoms with Crippen LogP contribution in [0.1, 0.15) is 34.1 Å². The van der Waals surface area contributed by atoms with Crippen molar-refractivity contribution in [3.63, 3.8) is 0 Å². The first-order chi connectivity index (χ1) is 8.19. The fourth-order valence-corrected chi connectivity index (χ4v) is 1.84. The summed E-state index contributed by atoms with van der Waals surface area (Å²) in [5, 5.41) is 9.46. The van der Waals surface area contributed by atoms with Crippen molar-refractivity contribution in [3.8, 4) is 0 Å². The zero-order chi connectivity index (χ0) is 15.6. The molecule has 125 valence electrons. The number of hydrogen-bond acceptors (Lipinski definition) is 2. The van der Waals surface area contributed by atoms with Crippen molar-refractivity contribution in [1.29, 1.82) is 0 Å². The molecule has 1 radical (unpaired) electrons. The molecule has 0 aliphatic rings. The van der Waals surface area contributed by atoms with Crippen LogP contribution in [0.3, 0.4) is 0 Å². The summed E-state index contributed by atoms with van der Waals surface area (Å²) in [6.07, 6.45) is -12.7. The summed E-state index contributed by atoms with van der Waals surface area (Å²) in [6.45, 7) is 5.13. The van der Waals surface area contributed by atoms with E-state index < -0.39 is 43.0 Å². The molecule has 0 saturated carbocycles. The van der Waals surface area contributed by atoms with Crippen molar-refractivity contribution in [2.75, 3.05) is 6.54 Å². The Bertz CT molecular complexity index is 284. The predicted molar refractivity (Wildman–Crippen MR) is 58.7 cm³/mol. The molecule has 0 fully saturated rings. The second kappa shape index (κ2) is 7.32. The molecular formula is C11H19CoF6NO. The van der Waals surface area contributed by atoms with Crippen molar-refractivity contribution in [2.45, 2.75) is 64.2 Å². The maximum atomic E-state index is 12.7. The van der Waals surface area contributed by atoms with Crippen LogP contribution in [-0.4, -0.2) is 46.6 Å². The van der Waals surface area contributed by atoms with E-state index in [-0.39, 0.29) is 16.8 Å². The first-order valence-corrected chi connectivity index (χ1v) is 5.81. The minimum absolute atomic E-state index is 0. The Morgan fingerprint density at radius 3 is 1.45 bits per heavy atom. The molecule has 2 nitrogen and oxygen atoms in total. The fraction of sp³-hybridized carbons (Fsp3) is 1.00. The van der Waals surface area contributed by atoms with Gasteiger partial charge >= 0.3 is 12.4 Å². The molecule has 0 aromatic rings. The van der Waals surface area contributed by atoms with Crippen LogP contribution in [0.4, 0.5) is 26.3 Å². The zero-order valence-corrected chi connectivity index (χ0v) is 12.6. The molecule has 0 amide bonds. The Morgan fingerprint density at radius 1 is 0.900 bits per heavy atom. The number of nitrogens with zero attached hydrogens (tertiary/aromatic N) is 1. The van der Waals surface area contributed by atoms with Gasteiger partial charge in [-0.05, 0) is 27.7 Å².